The van der Waals surface area contributed by atoms with Crippen molar-refractivity contribution in [3.05, 3.63) is 29.8 Å². The van der Waals surface area contributed by atoms with Crippen LogP contribution in [0.2, 0.25) is 0 Å². The monoisotopic (exact) mass is 204 g/mol. The minimum Gasteiger partial charge on any atom is -0.476 e. The van der Waals surface area contributed by atoms with Gasteiger partial charge in [0.05, 0.1) is 5.71 Å². The fourth-order valence-corrected chi connectivity index (χ4v) is 1.08. The smallest absolute Gasteiger partial charge is 0.181 e. The highest BCUT2D eigenvalue weighted by molar-refractivity contribution is 5.98. The van der Waals surface area contributed by atoms with Crippen molar-refractivity contribution in [2.75, 3.05) is 0 Å². The van der Waals surface area contributed by atoms with Crippen LogP contribution in [-0.2, 0) is 0 Å². The molecule has 1 N–H and O–H groups in total. The van der Waals surface area contributed by atoms with Gasteiger partial charge in [-0.25, -0.2) is 0 Å². The zero-order valence-corrected chi connectivity index (χ0v) is 8.64. The second-order valence-electron chi connectivity index (χ2n) is 3.10. The Morgan fingerprint density at radius 1 is 1.60 bits per heavy atom. The van der Waals surface area contributed by atoms with Crippen LogP contribution in [0.4, 0.5) is 0 Å². The maximum absolute atomic E-state index is 8.60. The van der Waals surface area contributed by atoms with E-state index in [9.17, 15) is 0 Å². The van der Waals surface area contributed by atoms with Crippen LogP contribution < -0.4 is 4.74 Å². The van der Waals surface area contributed by atoms with Gasteiger partial charge >= 0.3 is 0 Å². The summed E-state index contributed by atoms with van der Waals surface area (Å²) in [5.41, 5.74) is 1.27. The molecular weight excluding hydrogens is 192 g/mol. The Kier molecular flexibility index (Phi) is 3.69. The summed E-state index contributed by atoms with van der Waals surface area (Å²) >= 11 is 0. The molecule has 1 rings (SSSR count). The van der Waals surface area contributed by atoms with Gasteiger partial charge < -0.3 is 9.94 Å². The minimum absolute atomic E-state index is 0.494. The summed E-state index contributed by atoms with van der Waals surface area (Å²) in [6.45, 7) is 3.35. The molecule has 0 fully saturated rings. The van der Waals surface area contributed by atoms with Crippen LogP contribution in [0.15, 0.2) is 29.4 Å². The molecular formula is C11H12N2O2. The summed E-state index contributed by atoms with van der Waals surface area (Å²) in [5, 5.41) is 20.3. The molecule has 1 aromatic carbocycles. The highest BCUT2D eigenvalue weighted by atomic mass is 16.5. The van der Waals surface area contributed by atoms with E-state index in [-0.39, 0.29) is 0 Å². The predicted octanol–water partition coefficient (Wildman–Crippen LogP) is 2.18. The molecule has 78 valence electrons. The summed E-state index contributed by atoms with van der Waals surface area (Å²) in [4.78, 5) is 0. The lowest BCUT2D eigenvalue weighted by Crippen LogP contribution is -2.08. The SMILES string of the molecule is C/C(=N\O)c1cccc(OC(C)C#N)c1. The van der Waals surface area contributed by atoms with Gasteiger partial charge in [-0.1, -0.05) is 17.3 Å². The predicted molar refractivity (Wildman–Crippen MR) is 56.1 cm³/mol. The summed E-state index contributed by atoms with van der Waals surface area (Å²) in [6, 6.07) is 9.04. The third-order valence-electron chi connectivity index (χ3n) is 1.90. The lowest BCUT2D eigenvalue weighted by Gasteiger charge is -2.08. The lowest BCUT2D eigenvalue weighted by molar-refractivity contribution is 0.276. The fourth-order valence-electron chi connectivity index (χ4n) is 1.08. The van der Waals surface area contributed by atoms with Gasteiger partial charge in [-0.2, -0.15) is 5.26 Å². The fraction of sp³-hybridized carbons (Fsp3) is 0.273. The van der Waals surface area contributed by atoms with Crippen LogP contribution in [0.1, 0.15) is 19.4 Å². The molecule has 0 aliphatic carbocycles. The van der Waals surface area contributed by atoms with E-state index in [1.165, 1.54) is 0 Å². The molecule has 0 aromatic heterocycles. The molecule has 0 aliphatic rings. The van der Waals surface area contributed by atoms with Gasteiger partial charge in [-0.3, -0.25) is 0 Å². The third-order valence-corrected chi connectivity index (χ3v) is 1.90. The maximum atomic E-state index is 8.60. The summed E-state index contributed by atoms with van der Waals surface area (Å²) in [5.74, 6) is 0.588. The first-order chi connectivity index (χ1) is 7.17. The van der Waals surface area contributed by atoms with Gasteiger partial charge in [0.15, 0.2) is 6.10 Å². The average molecular weight is 204 g/mol. The highest BCUT2D eigenvalue weighted by Gasteiger charge is 2.03. The van der Waals surface area contributed by atoms with Crippen LogP contribution >= 0.6 is 0 Å². The number of benzene rings is 1. The van der Waals surface area contributed by atoms with Gasteiger partial charge in [0, 0.05) is 5.56 Å². The molecule has 1 unspecified atom stereocenters. The number of nitriles is 1. The lowest BCUT2D eigenvalue weighted by atomic mass is 10.1. The second-order valence-corrected chi connectivity index (χ2v) is 3.10. The summed E-state index contributed by atoms with van der Waals surface area (Å²) < 4.78 is 5.30. The standard InChI is InChI=1S/C11H12N2O2/c1-8(7-12)15-11-5-3-4-10(6-11)9(2)13-14/h3-6,8,14H,1-2H3/b13-9+. The molecule has 0 spiro atoms. The minimum atomic E-state index is -0.494. The van der Waals surface area contributed by atoms with Crippen LogP contribution in [0.5, 0.6) is 5.75 Å². The Morgan fingerprint density at radius 3 is 2.93 bits per heavy atom. The van der Waals surface area contributed by atoms with Gasteiger partial charge in [-0.05, 0) is 26.0 Å². The molecule has 0 heterocycles. The van der Waals surface area contributed by atoms with Gasteiger partial charge in [0.25, 0.3) is 0 Å². The van der Waals surface area contributed by atoms with Crippen molar-refractivity contribution in [3.8, 4) is 11.8 Å². The van der Waals surface area contributed by atoms with E-state index >= 15 is 0 Å². The quantitative estimate of drug-likeness (QED) is 0.466. The van der Waals surface area contributed by atoms with Crippen molar-refractivity contribution in [2.45, 2.75) is 20.0 Å². The van der Waals surface area contributed by atoms with Gasteiger partial charge in [0.2, 0.25) is 0 Å². The summed E-state index contributed by atoms with van der Waals surface area (Å²) in [7, 11) is 0. The van der Waals surface area contributed by atoms with Crippen LogP contribution in [0, 0.1) is 11.3 Å². The van der Waals surface area contributed by atoms with E-state index in [1.807, 2.05) is 6.07 Å². The Hall–Kier alpha value is -2.02. The highest BCUT2D eigenvalue weighted by Crippen LogP contribution is 2.15. The number of ether oxygens (including phenoxy) is 1. The molecule has 0 radical (unpaired) electrons. The zero-order chi connectivity index (χ0) is 11.3. The molecule has 4 nitrogen and oxygen atoms in total. The molecule has 1 aromatic rings. The van der Waals surface area contributed by atoms with Gasteiger partial charge in [0.1, 0.15) is 11.8 Å². The molecule has 0 amide bonds. The van der Waals surface area contributed by atoms with E-state index in [0.717, 1.165) is 5.56 Å². The van der Waals surface area contributed by atoms with Crippen molar-refractivity contribution >= 4 is 5.71 Å². The molecule has 0 aliphatic heterocycles. The van der Waals surface area contributed by atoms with E-state index < -0.39 is 6.10 Å². The first kappa shape index (κ1) is 11.1. The Bertz CT molecular complexity index is 407. The summed E-state index contributed by atoms with van der Waals surface area (Å²) in [6.07, 6.45) is -0.494. The Labute approximate surface area is 88.4 Å². The number of nitrogens with zero attached hydrogens (tertiary/aromatic N) is 2. The van der Waals surface area contributed by atoms with Crippen LogP contribution in [0.3, 0.4) is 0 Å². The largest absolute Gasteiger partial charge is 0.476 e. The van der Waals surface area contributed by atoms with Gasteiger partial charge in [-0.15, -0.1) is 0 Å². The Balaban J connectivity index is 2.89. The number of hydrogen-bond acceptors (Lipinski definition) is 4. The van der Waals surface area contributed by atoms with E-state index in [4.69, 9.17) is 15.2 Å². The second kappa shape index (κ2) is 5.01. The maximum Gasteiger partial charge on any atom is 0.181 e. The molecule has 0 saturated heterocycles. The average Bonchev–Trinajstić information content (AvgIpc) is 2.28. The molecule has 0 saturated carbocycles. The molecule has 15 heavy (non-hydrogen) atoms. The van der Waals surface area contributed by atoms with Crippen molar-refractivity contribution in [2.24, 2.45) is 5.16 Å². The molecule has 4 heteroatoms. The van der Waals surface area contributed by atoms with Crippen molar-refractivity contribution in [1.82, 2.24) is 0 Å². The molecule has 0 bridgehead atoms. The molecule has 1 atom stereocenters. The van der Waals surface area contributed by atoms with Crippen LogP contribution in [0.25, 0.3) is 0 Å². The normalized spacial score (nSPS) is 13.0. The number of rotatable bonds is 3. The van der Waals surface area contributed by atoms with Crippen molar-refractivity contribution in [3.63, 3.8) is 0 Å². The zero-order valence-electron chi connectivity index (χ0n) is 8.64. The van der Waals surface area contributed by atoms with E-state index in [2.05, 4.69) is 5.16 Å². The van der Waals surface area contributed by atoms with Crippen LogP contribution in [-0.4, -0.2) is 17.0 Å². The Morgan fingerprint density at radius 2 is 2.33 bits per heavy atom. The first-order valence-electron chi connectivity index (χ1n) is 4.52. The topological polar surface area (TPSA) is 65.6 Å². The van der Waals surface area contributed by atoms with E-state index in [1.54, 1.807) is 38.1 Å². The van der Waals surface area contributed by atoms with E-state index in [0.29, 0.717) is 11.5 Å². The number of hydrogen-bond donors (Lipinski definition) is 1. The van der Waals surface area contributed by atoms with Crippen molar-refractivity contribution in [1.29, 1.82) is 5.26 Å². The van der Waals surface area contributed by atoms with Crippen molar-refractivity contribution < 1.29 is 9.94 Å². The third kappa shape index (κ3) is 2.99. The number of oxime groups is 1. The first-order valence-corrected chi connectivity index (χ1v) is 4.52.